The van der Waals surface area contributed by atoms with Crippen LogP contribution in [-0.4, -0.2) is 25.3 Å². The molecule has 0 atom stereocenters. The van der Waals surface area contributed by atoms with E-state index in [1.807, 2.05) is 6.07 Å². The fraction of sp³-hybridized carbons (Fsp3) is 0.429. The standard InChI is InChI=1S/C14H15F3N2O2/c15-14(16,17)10-21-7-1-2-13(20)19-9-12-5-3-11(8-18)4-6-12/h3-6H,1-2,7,9-10H2,(H,19,20). The van der Waals surface area contributed by atoms with Crippen molar-refractivity contribution in [2.45, 2.75) is 25.6 Å². The molecule has 0 aromatic heterocycles. The van der Waals surface area contributed by atoms with E-state index >= 15 is 0 Å². The third-order valence-electron chi connectivity index (χ3n) is 2.53. The van der Waals surface area contributed by atoms with Crippen molar-refractivity contribution in [2.75, 3.05) is 13.2 Å². The first-order valence-corrected chi connectivity index (χ1v) is 6.31. The number of hydrogen-bond acceptors (Lipinski definition) is 3. The van der Waals surface area contributed by atoms with Gasteiger partial charge in [0.1, 0.15) is 6.61 Å². The minimum absolute atomic E-state index is 0.105. The van der Waals surface area contributed by atoms with E-state index in [2.05, 4.69) is 10.1 Å². The quantitative estimate of drug-likeness (QED) is 0.787. The molecule has 21 heavy (non-hydrogen) atoms. The third kappa shape index (κ3) is 7.95. The van der Waals surface area contributed by atoms with E-state index in [1.165, 1.54) is 0 Å². The van der Waals surface area contributed by atoms with Crippen molar-refractivity contribution >= 4 is 5.91 Å². The second-order valence-electron chi connectivity index (χ2n) is 4.36. The fourth-order valence-corrected chi connectivity index (χ4v) is 1.51. The van der Waals surface area contributed by atoms with E-state index in [9.17, 15) is 18.0 Å². The highest BCUT2D eigenvalue weighted by Crippen LogP contribution is 2.14. The highest BCUT2D eigenvalue weighted by Gasteiger charge is 2.27. The lowest BCUT2D eigenvalue weighted by atomic mass is 10.1. The summed E-state index contributed by atoms with van der Waals surface area (Å²) in [5.74, 6) is -0.255. The molecule has 0 aliphatic rings. The Morgan fingerprint density at radius 1 is 1.29 bits per heavy atom. The number of carbonyl (C=O) groups is 1. The van der Waals surface area contributed by atoms with Gasteiger partial charge in [-0.2, -0.15) is 18.4 Å². The van der Waals surface area contributed by atoms with E-state index in [4.69, 9.17) is 5.26 Å². The molecule has 1 aromatic carbocycles. The number of amides is 1. The van der Waals surface area contributed by atoms with Crippen molar-refractivity contribution in [1.29, 1.82) is 5.26 Å². The minimum atomic E-state index is -4.34. The van der Waals surface area contributed by atoms with Crippen LogP contribution in [0.25, 0.3) is 0 Å². The van der Waals surface area contributed by atoms with Crippen LogP contribution < -0.4 is 5.32 Å². The summed E-state index contributed by atoms with van der Waals surface area (Å²) in [5, 5.41) is 11.3. The molecule has 0 spiro atoms. The summed E-state index contributed by atoms with van der Waals surface area (Å²) in [6.07, 6.45) is -4.00. The van der Waals surface area contributed by atoms with Gasteiger partial charge in [0.2, 0.25) is 5.91 Å². The summed E-state index contributed by atoms with van der Waals surface area (Å²) in [7, 11) is 0. The number of rotatable bonds is 7. The van der Waals surface area contributed by atoms with Crippen LogP contribution in [-0.2, 0) is 16.1 Å². The highest BCUT2D eigenvalue weighted by atomic mass is 19.4. The van der Waals surface area contributed by atoms with Crippen molar-refractivity contribution in [1.82, 2.24) is 5.32 Å². The maximum Gasteiger partial charge on any atom is 0.411 e. The molecule has 0 heterocycles. The van der Waals surface area contributed by atoms with Crippen molar-refractivity contribution in [3.05, 3.63) is 35.4 Å². The zero-order valence-corrected chi connectivity index (χ0v) is 11.2. The monoisotopic (exact) mass is 300 g/mol. The molecule has 114 valence electrons. The number of nitriles is 1. The van der Waals surface area contributed by atoms with Gasteiger partial charge in [-0.3, -0.25) is 4.79 Å². The van der Waals surface area contributed by atoms with Crippen LogP contribution in [0.4, 0.5) is 13.2 Å². The Bertz CT molecular complexity index is 492. The van der Waals surface area contributed by atoms with E-state index < -0.39 is 12.8 Å². The van der Waals surface area contributed by atoms with Gasteiger partial charge in [0.25, 0.3) is 0 Å². The molecule has 1 aromatic rings. The molecule has 1 N–H and O–H groups in total. The second-order valence-corrected chi connectivity index (χ2v) is 4.36. The summed E-state index contributed by atoms with van der Waals surface area (Å²) in [5.41, 5.74) is 1.38. The molecule has 0 bridgehead atoms. The molecule has 1 rings (SSSR count). The average molecular weight is 300 g/mol. The van der Waals surface area contributed by atoms with Gasteiger partial charge >= 0.3 is 6.18 Å². The van der Waals surface area contributed by atoms with Gasteiger partial charge in [-0.15, -0.1) is 0 Å². The van der Waals surface area contributed by atoms with Gasteiger partial charge in [-0.25, -0.2) is 0 Å². The summed E-state index contributed by atoms with van der Waals surface area (Å²) < 4.78 is 39.7. The summed E-state index contributed by atoms with van der Waals surface area (Å²) in [6.45, 7) is -1.09. The largest absolute Gasteiger partial charge is 0.411 e. The SMILES string of the molecule is N#Cc1ccc(CNC(=O)CCCOCC(F)(F)F)cc1. The van der Waals surface area contributed by atoms with Crippen LogP contribution in [0.5, 0.6) is 0 Å². The number of alkyl halides is 3. The van der Waals surface area contributed by atoms with E-state index in [-0.39, 0.29) is 25.4 Å². The fourth-order valence-electron chi connectivity index (χ4n) is 1.51. The molecule has 0 saturated carbocycles. The number of carbonyl (C=O) groups excluding carboxylic acids is 1. The Kier molecular flexibility index (Phi) is 6.69. The molecule has 0 aliphatic heterocycles. The first-order chi connectivity index (χ1) is 9.90. The van der Waals surface area contributed by atoms with E-state index in [0.717, 1.165) is 5.56 Å². The zero-order chi connectivity index (χ0) is 15.7. The zero-order valence-electron chi connectivity index (χ0n) is 11.2. The summed E-state index contributed by atoms with van der Waals surface area (Å²) in [6, 6.07) is 8.73. The third-order valence-corrected chi connectivity index (χ3v) is 2.53. The molecule has 0 fully saturated rings. The predicted octanol–water partition coefficient (Wildman–Crippen LogP) is 2.53. The lowest BCUT2D eigenvalue weighted by Gasteiger charge is -2.08. The van der Waals surface area contributed by atoms with Gasteiger partial charge in [0, 0.05) is 19.6 Å². The van der Waals surface area contributed by atoms with Crippen LogP contribution in [0.2, 0.25) is 0 Å². The Morgan fingerprint density at radius 3 is 2.52 bits per heavy atom. The molecule has 0 aliphatic carbocycles. The predicted molar refractivity (Wildman–Crippen MR) is 69.1 cm³/mol. The van der Waals surface area contributed by atoms with Crippen LogP contribution in [0.3, 0.4) is 0 Å². The number of hydrogen-bond donors (Lipinski definition) is 1. The van der Waals surface area contributed by atoms with Crippen molar-refractivity contribution < 1.29 is 22.7 Å². The Balaban J connectivity index is 2.15. The maximum atomic E-state index is 11.8. The van der Waals surface area contributed by atoms with Gasteiger partial charge in [-0.1, -0.05) is 12.1 Å². The first-order valence-electron chi connectivity index (χ1n) is 6.31. The molecular weight excluding hydrogens is 285 g/mol. The lowest BCUT2D eigenvalue weighted by molar-refractivity contribution is -0.174. The Hall–Kier alpha value is -2.07. The first kappa shape index (κ1) is 17.0. The normalized spacial score (nSPS) is 11.0. The van der Waals surface area contributed by atoms with Crippen molar-refractivity contribution in [2.24, 2.45) is 0 Å². The average Bonchev–Trinajstić information content (AvgIpc) is 2.44. The highest BCUT2D eigenvalue weighted by molar-refractivity contribution is 5.75. The smallest absolute Gasteiger partial charge is 0.372 e. The topological polar surface area (TPSA) is 62.1 Å². The number of nitrogens with one attached hydrogen (secondary N) is 1. The molecule has 0 unspecified atom stereocenters. The van der Waals surface area contributed by atoms with E-state index in [0.29, 0.717) is 12.1 Å². The molecule has 7 heteroatoms. The van der Waals surface area contributed by atoms with Crippen LogP contribution in [0.1, 0.15) is 24.0 Å². The van der Waals surface area contributed by atoms with Crippen LogP contribution >= 0.6 is 0 Å². The molecular formula is C14H15F3N2O2. The molecule has 1 amide bonds. The number of halogens is 3. The van der Waals surface area contributed by atoms with Gasteiger partial charge in [-0.05, 0) is 24.1 Å². The van der Waals surface area contributed by atoms with E-state index in [1.54, 1.807) is 24.3 Å². The van der Waals surface area contributed by atoms with Crippen LogP contribution in [0, 0.1) is 11.3 Å². The van der Waals surface area contributed by atoms with Crippen LogP contribution in [0.15, 0.2) is 24.3 Å². The van der Waals surface area contributed by atoms with Gasteiger partial charge in [0.05, 0.1) is 11.6 Å². The van der Waals surface area contributed by atoms with Gasteiger partial charge < -0.3 is 10.1 Å². The number of nitrogens with zero attached hydrogens (tertiary/aromatic N) is 1. The lowest BCUT2D eigenvalue weighted by Crippen LogP contribution is -2.23. The van der Waals surface area contributed by atoms with Gasteiger partial charge in [0.15, 0.2) is 0 Å². The maximum absolute atomic E-state index is 11.8. The summed E-state index contributed by atoms with van der Waals surface area (Å²) >= 11 is 0. The van der Waals surface area contributed by atoms with Crippen molar-refractivity contribution in [3.63, 3.8) is 0 Å². The molecule has 0 radical (unpaired) electrons. The number of benzene rings is 1. The Labute approximate surface area is 120 Å². The second kappa shape index (κ2) is 8.27. The Morgan fingerprint density at radius 2 is 1.95 bits per heavy atom. The molecule has 0 saturated heterocycles. The minimum Gasteiger partial charge on any atom is -0.372 e. The number of ether oxygens (including phenoxy) is 1. The summed E-state index contributed by atoms with van der Waals surface area (Å²) in [4.78, 5) is 11.5. The molecule has 4 nitrogen and oxygen atoms in total. The van der Waals surface area contributed by atoms with Crippen molar-refractivity contribution in [3.8, 4) is 6.07 Å².